The van der Waals surface area contributed by atoms with Crippen LogP contribution in [-0.2, 0) is 0 Å². The summed E-state index contributed by atoms with van der Waals surface area (Å²) in [6.07, 6.45) is 0. The van der Waals surface area contributed by atoms with E-state index in [1.165, 1.54) is 0 Å². The van der Waals surface area contributed by atoms with E-state index in [-0.39, 0.29) is 15.8 Å². The summed E-state index contributed by atoms with van der Waals surface area (Å²) in [5.74, 6) is 0. The van der Waals surface area contributed by atoms with Gasteiger partial charge in [0.2, 0.25) is 0 Å². The minimum absolute atomic E-state index is 0.0276. The second-order valence-corrected chi connectivity index (χ2v) is 14.1. The molecule has 98 valence electrons. The molecule has 1 rings (SSSR count). The van der Waals surface area contributed by atoms with E-state index in [9.17, 15) is 0 Å². The highest BCUT2D eigenvalue weighted by Crippen LogP contribution is 2.49. The summed E-state index contributed by atoms with van der Waals surface area (Å²) in [6.45, 7) is 19.0. The maximum Gasteiger partial charge on any atom is 0.0287 e. The van der Waals surface area contributed by atoms with Crippen molar-refractivity contribution < 1.29 is 0 Å². The normalized spacial score (nSPS) is 16.9. The molecule has 1 heterocycles. The van der Waals surface area contributed by atoms with Crippen LogP contribution in [0.5, 0.6) is 0 Å². The Morgan fingerprint density at radius 3 is 1.29 bits per heavy atom. The zero-order valence-electron chi connectivity index (χ0n) is 12.5. The third kappa shape index (κ3) is 4.02. The third-order valence-corrected chi connectivity index (χ3v) is 11.8. The summed E-state index contributed by atoms with van der Waals surface area (Å²) in [5.41, 5.74) is 0. The minimum atomic E-state index is -0.0276. The molecule has 1 aromatic rings. The van der Waals surface area contributed by atoms with Crippen LogP contribution >= 0.6 is 27.2 Å². The fourth-order valence-corrected chi connectivity index (χ4v) is 7.29. The predicted molar refractivity (Wildman–Crippen MR) is 88.8 cm³/mol. The summed E-state index contributed by atoms with van der Waals surface area (Å²) < 4.78 is 3.22. The van der Waals surface area contributed by atoms with Crippen LogP contribution in [0.1, 0.15) is 41.5 Å². The maximum atomic E-state index is 2.42. The Hall–Kier alpha value is 0.560. The molecular weight excluding hydrogens is 262 g/mol. The van der Waals surface area contributed by atoms with E-state index in [2.05, 4.69) is 78.3 Å². The molecule has 3 heteroatoms. The second-order valence-electron chi connectivity index (χ2n) is 6.57. The van der Waals surface area contributed by atoms with Gasteiger partial charge in [-0.2, -0.15) is 0 Å². The first-order chi connectivity index (χ1) is 7.53. The molecule has 0 bridgehead atoms. The van der Waals surface area contributed by atoms with Crippen molar-refractivity contribution in [3.8, 4) is 0 Å². The Morgan fingerprint density at radius 1 is 0.765 bits per heavy atom. The molecule has 17 heavy (non-hydrogen) atoms. The van der Waals surface area contributed by atoms with Gasteiger partial charge in [0, 0.05) is 9.24 Å². The van der Waals surface area contributed by atoms with Crippen molar-refractivity contribution in [1.82, 2.24) is 0 Å². The average molecular weight is 288 g/mol. The van der Waals surface area contributed by atoms with Crippen molar-refractivity contribution in [2.75, 3.05) is 13.3 Å². The molecule has 0 radical (unpaired) electrons. The first-order valence-electron chi connectivity index (χ1n) is 6.11. The maximum absolute atomic E-state index is 2.42. The first kappa shape index (κ1) is 15.6. The topological polar surface area (TPSA) is 0 Å². The Kier molecular flexibility index (Phi) is 4.85. The number of thiophene rings is 1. The minimum Gasteiger partial charge on any atom is -0.136 e. The summed E-state index contributed by atoms with van der Waals surface area (Å²) in [5, 5.41) is 0.853. The first-order valence-corrected chi connectivity index (χ1v) is 10.5. The highest BCUT2D eigenvalue weighted by Gasteiger charge is 2.26. The molecule has 0 spiro atoms. The van der Waals surface area contributed by atoms with Gasteiger partial charge >= 0.3 is 0 Å². The van der Waals surface area contributed by atoms with E-state index in [0.29, 0.717) is 10.3 Å². The molecule has 0 saturated carbocycles. The molecule has 1 aromatic heterocycles. The molecule has 0 aromatic carbocycles. The van der Waals surface area contributed by atoms with E-state index < -0.39 is 0 Å². The van der Waals surface area contributed by atoms with Gasteiger partial charge in [0.05, 0.1) is 0 Å². The van der Waals surface area contributed by atoms with E-state index in [4.69, 9.17) is 0 Å². The van der Waals surface area contributed by atoms with Crippen molar-refractivity contribution in [1.29, 1.82) is 0 Å². The van der Waals surface area contributed by atoms with Gasteiger partial charge in [-0.25, -0.2) is 0 Å². The lowest BCUT2D eigenvalue weighted by Gasteiger charge is -2.28. The largest absolute Gasteiger partial charge is 0.136 e. The van der Waals surface area contributed by atoms with Gasteiger partial charge in [0.1, 0.15) is 0 Å². The van der Waals surface area contributed by atoms with Crippen LogP contribution in [-0.4, -0.2) is 23.6 Å². The van der Waals surface area contributed by atoms with Crippen LogP contribution in [0.3, 0.4) is 0 Å². The summed E-state index contributed by atoms with van der Waals surface area (Å²) >= 11 is 2.06. The number of rotatable bonds is 2. The highest BCUT2D eigenvalue weighted by atomic mass is 32.1. The summed E-state index contributed by atoms with van der Waals surface area (Å²) in [4.78, 5) is 0. The van der Waals surface area contributed by atoms with E-state index in [1.807, 2.05) is 0 Å². The Morgan fingerprint density at radius 2 is 1.06 bits per heavy atom. The van der Waals surface area contributed by atoms with Crippen molar-refractivity contribution in [2.24, 2.45) is 0 Å². The number of hydrogen-bond donors (Lipinski definition) is 0. The Balaban J connectivity index is 2.93. The molecule has 0 fully saturated rings. The van der Waals surface area contributed by atoms with Crippen LogP contribution < -0.4 is 9.24 Å². The van der Waals surface area contributed by atoms with Gasteiger partial charge in [0.15, 0.2) is 0 Å². The predicted octanol–water partition coefficient (Wildman–Crippen LogP) is 4.82. The molecule has 0 amide bonds. The lowest BCUT2D eigenvalue weighted by Crippen LogP contribution is -2.18. The fraction of sp³-hybridized carbons (Fsp3) is 0.714. The van der Waals surface area contributed by atoms with Crippen LogP contribution in [0.4, 0.5) is 0 Å². The van der Waals surface area contributed by atoms with E-state index >= 15 is 0 Å². The molecule has 0 nitrogen and oxygen atoms in total. The molecule has 0 aliphatic heterocycles. The summed E-state index contributed by atoms with van der Waals surface area (Å²) in [6, 6.07) is 4.75. The van der Waals surface area contributed by atoms with Gasteiger partial charge in [0.25, 0.3) is 0 Å². The Labute approximate surface area is 114 Å². The van der Waals surface area contributed by atoms with Crippen molar-refractivity contribution in [3.63, 3.8) is 0 Å². The Bertz CT molecular complexity index is 334. The molecule has 0 aliphatic rings. The van der Waals surface area contributed by atoms with Crippen LogP contribution in [0.15, 0.2) is 12.1 Å². The van der Waals surface area contributed by atoms with Gasteiger partial charge in [-0.1, -0.05) is 57.4 Å². The van der Waals surface area contributed by atoms with E-state index in [0.717, 1.165) is 0 Å². The highest BCUT2D eigenvalue weighted by molar-refractivity contribution is 7.78. The van der Waals surface area contributed by atoms with Gasteiger partial charge in [-0.3, -0.25) is 0 Å². The van der Waals surface area contributed by atoms with Gasteiger partial charge in [-0.05, 0) is 35.8 Å². The SMILES string of the molecule is CP(c1ccc(P(C)C(C)(C)C)s1)C(C)(C)C. The quantitative estimate of drug-likeness (QED) is 0.684. The molecule has 0 N–H and O–H groups in total. The number of hydrogen-bond acceptors (Lipinski definition) is 1. The molecular formula is C14H26P2S. The zero-order chi connectivity index (χ0) is 13.4. The standard InChI is InChI=1S/C14H26P2S/c1-13(2,3)15(7)11-9-10-12(17-11)16(8)14(4,5)6/h9-10H,1-8H3. The van der Waals surface area contributed by atoms with Crippen molar-refractivity contribution in [2.45, 2.75) is 51.9 Å². The van der Waals surface area contributed by atoms with Crippen LogP contribution in [0.25, 0.3) is 0 Å². The summed E-state index contributed by atoms with van der Waals surface area (Å²) in [7, 11) is -0.0553. The third-order valence-electron chi connectivity index (χ3n) is 3.25. The zero-order valence-corrected chi connectivity index (χ0v) is 15.1. The lowest BCUT2D eigenvalue weighted by molar-refractivity contribution is 0.791. The van der Waals surface area contributed by atoms with Crippen molar-refractivity contribution >= 4 is 36.4 Å². The fourth-order valence-electron chi connectivity index (χ4n) is 1.34. The monoisotopic (exact) mass is 288 g/mol. The average Bonchev–Trinajstić information content (AvgIpc) is 2.60. The second kappa shape index (κ2) is 5.28. The molecule has 0 saturated heterocycles. The van der Waals surface area contributed by atoms with Gasteiger partial charge < -0.3 is 0 Å². The smallest absolute Gasteiger partial charge is 0.0287 e. The van der Waals surface area contributed by atoms with Crippen LogP contribution in [0, 0.1) is 0 Å². The molecule has 2 atom stereocenters. The molecule has 0 aliphatic carbocycles. The van der Waals surface area contributed by atoms with E-state index in [1.54, 1.807) is 9.24 Å². The lowest BCUT2D eigenvalue weighted by atomic mass is 10.3. The van der Waals surface area contributed by atoms with Gasteiger partial charge in [-0.15, -0.1) is 11.3 Å². The van der Waals surface area contributed by atoms with Crippen molar-refractivity contribution in [3.05, 3.63) is 12.1 Å². The van der Waals surface area contributed by atoms with Crippen LogP contribution in [0.2, 0.25) is 0 Å². The molecule has 2 unspecified atom stereocenters.